The topological polar surface area (TPSA) is 15.3 Å². The van der Waals surface area contributed by atoms with Gasteiger partial charge in [0.25, 0.3) is 0 Å². The maximum atomic E-state index is 3.73. The predicted molar refractivity (Wildman–Crippen MR) is 80.9 cm³/mol. The van der Waals surface area contributed by atoms with E-state index in [1.165, 1.54) is 18.5 Å². The molecular weight excluding hydrogens is 220 g/mol. The normalized spacial score (nSPS) is 25.8. The zero-order chi connectivity index (χ0) is 13.7. The van der Waals surface area contributed by atoms with Gasteiger partial charge in [-0.05, 0) is 32.1 Å². The molecule has 0 spiro atoms. The van der Waals surface area contributed by atoms with Crippen LogP contribution in [0.3, 0.4) is 0 Å². The Morgan fingerprint density at radius 1 is 1.28 bits per heavy atom. The Morgan fingerprint density at radius 3 is 2.44 bits per heavy atom. The van der Waals surface area contributed by atoms with E-state index in [1.807, 2.05) is 0 Å². The molecule has 0 aromatic heterocycles. The number of hydrogen-bond donors (Lipinski definition) is 1. The molecule has 1 aliphatic heterocycles. The van der Waals surface area contributed by atoms with E-state index < -0.39 is 0 Å². The molecule has 2 nitrogen and oxygen atoms in total. The monoisotopic (exact) mass is 252 g/mol. The Bertz CT molecular complexity index is 264. The summed E-state index contributed by atoms with van der Waals surface area (Å²) in [7, 11) is 0. The number of rotatable bonds is 5. The first kappa shape index (κ1) is 15.7. The Labute approximate surface area is 114 Å². The minimum Gasteiger partial charge on any atom is -0.311 e. The van der Waals surface area contributed by atoms with Gasteiger partial charge in [0.2, 0.25) is 0 Å². The molecule has 2 unspecified atom stereocenters. The number of allylic oxidation sites excluding steroid dienone is 1. The number of nitrogens with one attached hydrogen (secondary N) is 1. The average Bonchev–Trinajstić information content (AvgIpc) is 2.26. The second-order valence-corrected chi connectivity index (χ2v) is 6.78. The molecule has 0 aliphatic carbocycles. The van der Waals surface area contributed by atoms with Gasteiger partial charge in [-0.3, -0.25) is 4.90 Å². The summed E-state index contributed by atoms with van der Waals surface area (Å²) in [5, 5.41) is 3.73. The molecule has 0 bridgehead atoms. The highest BCUT2D eigenvalue weighted by atomic mass is 15.2. The highest BCUT2D eigenvalue weighted by Gasteiger charge is 2.28. The Morgan fingerprint density at radius 2 is 1.94 bits per heavy atom. The summed E-state index contributed by atoms with van der Waals surface area (Å²) in [6.45, 7) is 17.1. The van der Waals surface area contributed by atoms with Crippen molar-refractivity contribution in [3.8, 4) is 0 Å². The lowest BCUT2D eigenvalue weighted by Crippen LogP contribution is -2.58. The first-order valence-electron chi connectivity index (χ1n) is 7.51. The molecule has 1 aliphatic rings. The standard InChI is InChI=1S/C16H32N2/c1-12(2)7-8-18-11-16(14(5)6)17-10-15(18)9-13(3)4/h7,13-17H,8-11H2,1-6H3. The Hall–Kier alpha value is -0.340. The van der Waals surface area contributed by atoms with Crippen LogP contribution < -0.4 is 5.32 Å². The minimum atomic E-state index is 0.652. The molecule has 0 amide bonds. The lowest BCUT2D eigenvalue weighted by atomic mass is 9.95. The zero-order valence-electron chi connectivity index (χ0n) is 13.2. The van der Waals surface area contributed by atoms with Crippen molar-refractivity contribution in [3.05, 3.63) is 11.6 Å². The van der Waals surface area contributed by atoms with Gasteiger partial charge in [0, 0.05) is 31.7 Å². The maximum Gasteiger partial charge on any atom is 0.0227 e. The minimum absolute atomic E-state index is 0.652. The van der Waals surface area contributed by atoms with E-state index in [-0.39, 0.29) is 0 Å². The number of hydrogen-bond acceptors (Lipinski definition) is 2. The van der Waals surface area contributed by atoms with E-state index in [0.717, 1.165) is 24.9 Å². The van der Waals surface area contributed by atoms with Crippen LogP contribution in [0.5, 0.6) is 0 Å². The van der Waals surface area contributed by atoms with E-state index in [1.54, 1.807) is 0 Å². The lowest BCUT2D eigenvalue weighted by Gasteiger charge is -2.42. The van der Waals surface area contributed by atoms with Crippen molar-refractivity contribution in [2.24, 2.45) is 11.8 Å². The van der Waals surface area contributed by atoms with Crippen LogP contribution >= 0.6 is 0 Å². The highest BCUT2D eigenvalue weighted by Crippen LogP contribution is 2.18. The largest absolute Gasteiger partial charge is 0.311 e. The molecule has 0 aromatic rings. The first-order chi connectivity index (χ1) is 8.40. The van der Waals surface area contributed by atoms with Crippen molar-refractivity contribution >= 4 is 0 Å². The highest BCUT2D eigenvalue weighted by molar-refractivity contribution is 4.98. The predicted octanol–water partition coefficient (Wildman–Crippen LogP) is 3.30. The van der Waals surface area contributed by atoms with Crippen molar-refractivity contribution in [2.45, 2.75) is 60.0 Å². The van der Waals surface area contributed by atoms with Crippen molar-refractivity contribution in [1.29, 1.82) is 0 Å². The molecule has 2 atom stereocenters. The number of nitrogens with zero attached hydrogens (tertiary/aromatic N) is 1. The van der Waals surface area contributed by atoms with Crippen LogP contribution in [0, 0.1) is 11.8 Å². The summed E-state index contributed by atoms with van der Waals surface area (Å²) in [5.74, 6) is 1.50. The van der Waals surface area contributed by atoms with Crippen LogP contribution in [-0.4, -0.2) is 36.6 Å². The molecule has 106 valence electrons. The molecule has 1 heterocycles. The van der Waals surface area contributed by atoms with Crippen molar-refractivity contribution in [2.75, 3.05) is 19.6 Å². The van der Waals surface area contributed by atoms with E-state index in [2.05, 4.69) is 57.8 Å². The van der Waals surface area contributed by atoms with Crippen LogP contribution in [0.1, 0.15) is 48.0 Å². The van der Waals surface area contributed by atoms with E-state index in [9.17, 15) is 0 Å². The van der Waals surface area contributed by atoms with Crippen LogP contribution in [-0.2, 0) is 0 Å². The summed E-state index contributed by atoms with van der Waals surface area (Å²) in [4.78, 5) is 2.67. The summed E-state index contributed by atoms with van der Waals surface area (Å²) >= 11 is 0. The quantitative estimate of drug-likeness (QED) is 0.755. The van der Waals surface area contributed by atoms with E-state index in [0.29, 0.717) is 12.1 Å². The van der Waals surface area contributed by atoms with Crippen LogP contribution in [0.15, 0.2) is 11.6 Å². The number of piperazine rings is 1. The summed E-state index contributed by atoms with van der Waals surface area (Å²) in [6.07, 6.45) is 3.67. The SMILES string of the molecule is CC(C)=CCN1CC(C(C)C)NCC1CC(C)C. The van der Waals surface area contributed by atoms with Crippen molar-refractivity contribution in [1.82, 2.24) is 10.2 Å². The fraction of sp³-hybridized carbons (Fsp3) is 0.875. The van der Waals surface area contributed by atoms with Gasteiger partial charge < -0.3 is 5.32 Å². The molecule has 0 saturated carbocycles. The summed E-state index contributed by atoms with van der Waals surface area (Å²) in [5.41, 5.74) is 1.43. The third-order valence-corrected chi connectivity index (χ3v) is 3.85. The van der Waals surface area contributed by atoms with Gasteiger partial charge in [-0.1, -0.05) is 39.3 Å². The Kier molecular flexibility index (Phi) is 6.37. The zero-order valence-corrected chi connectivity index (χ0v) is 13.2. The average molecular weight is 252 g/mol. The Balaban J connectivity index is 2.63. The molecule has 0 aromatic carbocycles. The molecule has 1 saturated heterocycles. The molecular formula is C16H32N2. The maximum absolute atomic E-state index is 3.73. The summed E-state index contributed by atoms with van der Waals surface area (Å²) in [6, 6.07) is 1.36. The molecule has 1 fully saturated rings. The molecule has 0 radical (unpaired) electrons. The van der Waals surface area contributed by atoms with Gasteiger partial charge in [0.15, 0.2) is 0 Å². The van der Waals surface area contributed by atoms with Crippen molar-refractivity contribution < 1.29 is 0 Å². The third kappa shape index (κ3) is 5.11. The van der Waals surface area contributed by atoms with Gasteiger partial charge >= 0.3 is 0 Å². The fourth-order valence-electron chi connectivity index (χ4n) is 2.63. The third-order valence-electron chi connectivity index (χ3n) is 3.85. The smallest absolute Gasteiger partial charge is 0.0227 e. The fourth-order valence-corrected chi connectivity index (χ4v) is 2.63. The van der Waals surface area contributed by atoms with Crippen LogP contribution in [0.25, 0.3) is 0 Å². The van der Waals surface area contributed by atoms with E-state index >= 15 is 0 Å². The summed E-state index contributed by atoms with van der Waals surface area (Å²) < 4.78 is 0. The molecule has 2 heteroatoms. The van der Waals surface area contributed by atoms with Crippen LogP contribution in [0.2, 0.25) is 0 Å². The van der Waals surface area contributed by atoms with Gasteiger partial charge in [-0.2, -0.15) is 0 Å². The van der Waals surface area contributed by atoms with Gasteiger partial charge in [-0.25, -0.2) is 0 Å². The van der Waals surface area contributed by atoms with Gasteiger partial charge in [0.1, 0.15) is 0 Å². The van der Waals surface area contributed by atoms with Gasteiger partial charge in [0.05, 0.1) is 0 Å². The van der Waals surface area contributed by atoms with Crippen molar-refractivity contribution in [3.63, 3.8) is 0 Å². The van der Waals surface area contributed by atoms with Gasteiger partial charge in [-0.15, -0.1) is 0 Å². The lowest BCUT2D eigenvalue weighted by molar-refractivity contribution is 0.111. The molecule has 1 N–H and O–H groups in total. The first-order valence-corrected chi connectivity index (χ1v) is 7.51. The second kappa shape index (κ2) is 7.30. The second-order valence-electron chi connectivity index (χ2n) is 6.78. The molecule has 18 heavy (non-hydrogen) atoms. The van der Waals surface area contributed by atoms with Crippen LogP contribution in [0.4, 0.5) is 0 Å². The molecule has 1 rings (SSSR count). The van der Waals surface area contributed by atoms with E-state index in [4.69, 9.17) is 0 Å².